The zero-order chi connectivity index (χ0) is 25.8. The van der Waals surface area contributed by atoms with Crippen molar-refractivity contribution in [3.05, 3.63) is 94.8 Å². The second kappa shape index (κ2) is 11.1. The number of rotatable bonds is 7. The van der Waals surface area contributed by atoms with Gasteiger partial charge in [0.1, 0.15) is 37.2 Å². The highest BCUT2D eigenvalue weighted by atomic mass is 19.1. The molecule has 2 heterocycles. The van der Waals surface area contributed by atoms with Crippen molar-refractivity contribution in [1.29, 1.82) is 0 Å². The molecule has 0 radical (unpaired) electrons. The molecule has 0 saturated carbocycles. The lowest BCUT2D eigenvalue weighted by Gasteiger charge is -2.37. The van der Waals surface area contributed by atoms with Crippen LogP contribution in [0.1, 0.15) is 45.8 Å². The molecule has 2 aliphatic rings. The maximum absolute atomic E-state index is 13.7. The van der Waals surface area contributed by atoms with Gasteiger partial charge in [-0.25, -0.2) is 8.78 Å². The molecule has 1 amide bonds. The molecule has 0 bridgehead atoms. The summed E-state index contributed by atoms with van der Waals surface area (Å²) in [6, 6.07) is 19.5. The van der Waals surface area contributed by atoms with Crippen LogP contribution < -0.4 is 9.47 Å². The quantitative estimate of drug-likeness (QED) is 0.434. The Morgan fingerprint density at radius 3 is 2.35 bits per heavy atom. The van der Waals surface area contributed by atoms with Gasteiger partial charge < -0.3 is 14.4 Å². The number of hydrogen-bond acceptors (Lipinski definition) is 4. The summed E-state index contributed by atoms with van der Waals surface area (Å²) in [6.07, 6.45) is 1.87. The molecule has 5 nitrogen and oxygen atoms in total. The first-order chi connectivity index (χ1) is 18.0. The van der Waals surface area contributed by atoms with E-state index >= 15 is 0 Å². The fourth-order valence-corrected chi connectivity index (χ4v) is 5.37. The van der Waals surface area contributed by atoms with E-state index in [0.717, 1.165) is 29.5 Å². The molecule has 0 aliphatic carbocycles. The Morgan fingerprint density at radius 2 is 1.68 bits per heavy atom. The van der Waals surface area contributed by atoms with E-state index in [2.05, 4.69) is 0 Å². The van der Waals surface area contributed by atoms with Gasteiger partial charge in [-0.1, -0.05) is 24.3 Å². The smallest absolute Gasteiger partial charge is 0.253 e. The molecule has 2 aliphatic heterocycles. The largest absolute Gasteiger partial charge is 0.491 e. The summed E-state index contributed by atoms with van der Waals surface area (Å²) in [5.41, 5.74) is 3.41. The number of benzene rings is 3. The molecular weight excluding hydrogens is 476 g/mol. The van der Waals surface area contributed by atoms with Crippen molar-refractivity contribution < 1.29 is 27.8 Å². The van der Waals surface area contributed by atoms with Gasteiger partial charge in [0.05, 0.1) is 0 Å². The number of hydrogen-bond donors (Lipinski definition) is 0. The minimum Gasteiger partial charge on any atom is -0.491 e. The number of carbonyl (C=O) groups is 2. The fourth-order valence-electron chi connectivity index (χ4n) is 5.37. The van der Waals surface area contributed by atoms with Crippen molar-refractivity contribution >= 4 is 11.7 Å². The van der Waals surface area contributed by atoms with Crippen LogP contribution >= 0.6 is 0 Å². The molecule has 0 aromatic heterocycles. The molecule has 37 heavy (non-hydrogen) atoms. The molecule has 3 aromatic rings. The number of piperidine rings is 1. The molecular formula is C30H29F2NO4. The number of alkyl halides is 1. The third kappa shape index (κ3) is 5.66. The number of amides is 1. The minimum absolute atomic E-state index is 0.00626. The van der Waals surface area contributed by atoms with Gasteiger partial charge in [-0.15, -0.1) is 0 Å². The average molecular weight is 506 g/mol. The van der Waals surface area contributed by atoms with Gasteiger partial charge in [0.2, 0.25) is 0 Å². The van der Waals surface area contributed by atoms with Gasteiger partial charge in [-0.3, -0.25) is 9.59 Å². The first-order valence-corrected chi connectivity index (χ1v) is 12.6. The third-order valence-corrected chi connectivity index (χ3v) is 7.20. The van der Waals surface area contributed by atoms with E-state index in [0.29, 0.717) is 30.2 Å². The molecule has 1 atom stereocenters. The van der Waals surface area contributed by atoms with E-state index in [1.807, 2.05) is 41.3 Å². The number of fused-ring (bicyclic) bond motifs is 1. The number of nitrogens with zero attached hydrogens (tertiary/aromatic N) is 1. The van der Waals surface area contributed by atoms with Crippen molar-refractivity contribution in [1.82, 2.24) is 4.90 Å². The predicted molar refractivity (Wildman–Crippen MR) is 135 cm³/mol. The molecule has 1 saturated heterocycles. The topological polar surface area (TPSA) is 55.8 Å². The normalized spacial score (nSPS) is 16.6. The van der Waals surface area contributed by atoms with Crippen LogP contribution in [0.2, 0.25) is 0 Å². The first-order valence-electron chi connectivity index (χ1n) is 12.6. The number of Topliss-reactive ketones (excluding diaryl/α,β-unsaturated/α-hetero) is 1. The lowest BCUT2D eigenvalue weighted by Crippen LogP contribution is -2.40. The van der Waals surface area contributed by atoms with E-state index in [9.17, 15) is 18.4 Å². The highest BCUT2D eigenvalue weighted by Crippen LogP contribution is 2.39. The summed E-state index contributed by atoms with van der Waals surface area (Å²) < 4.78 is 37.0. The molecule has 3 aromatic carbocycles. The molecule has 7 heteroatoms. The lowest BCUT2D eigenvalue weighted by molar-refractivity contribution is -0.121. The van der Waals surface area contributed by atoms with E-state index in [1.54, 1.807) is 18.2 Å². The second-order valence-corrected chi connectivity index (χ2v) is 9.59. The Balaban J connectivity index is 1.31. The monoisotopic (exact) mass is 505 g/mol. The Morgan fingerprint density at radius 1 is 1.00 bits per heavy atom. The molecule has 0 N–H and O–H groups in total. The van der Waals surface area contributed by atoms with Crippen molar-refractivity contribution in [2.45, 2.75) is 25.2 Å². The first kappa shape index (κ1) is 24.9. The zero-order valence-electron chi connectivity index (χ0n) is 20.5. The highest BCUT2D eigenvalue weighted by molar-refractivity contribution is 5.95. The van der Waals surface area contributed by atoms with Gasteiger partial charge >= 0.3 is 0 Å². The van der Waals surface area contributed by atoms with Crippen molar-refractivity contribution in [3.63, 3.8) is 0 Å². The molecule has 0 unspecified atom stereocenters. The van der Waals surface area contributed by atoms with Gasteiger partial charge in [0.25, 0.3) is 5.91 Å². The molecule has 5 rings (SSSR count). The Kier molecular flexibility index (Phi) is 7.49. The number of ether oxygens (including phenoxy) is 2. The van der Waals surface area contributed by atoms with Gasteiger partial charge in [0.15, 0.2) is 5.78 Å². The van der Waals surface area contributed by atoms with Crippen LogP contribution in [0.25, 0.3) is 0 Å². The fraction of sp³-hybridized carbons (Fsp3) is 0.333. The summed E-state index contributed by atoms with van der Waals surface area (Å²) in [4.78, 5) is 26.9. The Hall–Kier alpha value is -3.74. The number of halogens is 2. The summed E-state index contributed by atoms with van der Waals surface area (Å²) in [6.45, 7) is 0.753. The van der Waals surface area contributed by atoms with Crippen LogP contribution in [0.5, 0.6) is 11.5 Å². The van der Waals surface area contributed by atoms with Crippen LogP contribution in [-0.2, 0) is 11.2 Å². The van der Waals surface area contributed by atoms with Crippen LogP contribution in [0, 0.1) is 11.7 Å². The lowest BCUT2D eigenvalue weighted by atomic mass is 9.76. The summed E-state index contributed by atoms with van der Waals surface area (Å²) in [5, 5.41) is 0. The van der Waals surface area contributed by atoms with Gasteiger partial charge in [-0.2, -0.15) is 0 Å². The molecule has 192 valence electrons. The summed E-state index contributed by atoms with van der Waals surface area (Å²) in [7, 11) is 0. The number of ketones is 1. The van der Waals surface area contributed by atoms with Crippen molar-refractivity contribution in [2.75, 3.05) is 33.0 Å². The Labute approximate surface area is 215 Å². The highest BCUT2D eigenvalue weighted by Gasteiger charge is 2.31. The predicted octanol–water partition coefficient (Wildman–Crippen LogP) is 5.36. The number of carbonyl (C=O) groups excluding carboxylic acids is 2. The zero-order valence-corrected chi connectivity index (χ0v) is 20.5. The van der Waals surface area contributed by atoms with Crippen LogP contribution in [0.15, 0.2) is 66.7 Å². The third-order valence-electron chi connectivity index (χ3n) is 7.20. The van der Waals surface area contributed by atoms with E-state index < -0.39 is 6.67 Å². The van der Waals surface area contributed by atoms with E-state index in [1.165, 1.54) is 12.1 Å². The average Bonchev–Trinajstić information content (AvgIpc) is 2.93. The standard InChI is InChI=1S/C30H29F2NO4/c31-13-16-36-27-8-3-21(4-9-27)29(20-1-6-25(32)7-2-20)22-11-14-33(15-12-22)30(35)23-5-10-28-24(17-23)18-26(34)19-37-28/h1-10,17,22,29H,11-16,18-19H2/t29-/m1/s1. The van der Waals surface area contributed by atoms with Gasteiger partial charge in [-0.05, 0) is 72.4 Å². The maximum Gasteiger partial charge on any atom is 0.253 e. The summed E-state index contributed by atoms with van der Waals surface area (Å²) in [5.74, 6) is 1.23. The minimum atomic E-state index is -0.547. The maximum atomic E-state index is 13.7. The van der Waals surface area contributed by atoms with Crippen LogP contribution in [0.3, 0.4) is 0 Å². The number of likely N-dealkylation sites (tertiary alicyclic amines) is 1. The van der Waals surface area contributed by atoms with Crippen LogP contribution in [-0.4, -0.2) is 49.6 Å². The second-order valence-electron chi connectivity index (χ2n) is 9.59. The van der Waals surface area contributed by atoms with Gasteiger partial charge in [0, 0.05) is 36.6 Å². The van der Waals surface area contributed by atoms with Crippen molar-refractivity contribution in [2.24, 2.45) is 5.92 Å². The van der Waals surface area contributed by atoms with Crippen molar-refractivity contribution in [3.8, 4) is 11.5 Å². The molecule has 0 spiro atoms. The Bertz CT molecular complexity index is 1250. The SMILES string of the molecule is O=C1COc2ccc(C(=O)N3CCC([C@H](c4ccc(F)cc4)c4ccc(OCCF)cc4)CC3)cc2C1. The van der Waals surface area contributed by atoms with E-state index in [-0.39, 0.29) is 49.0 Å². The summed E-state index contributed by atoms with van der Waals surface area (Å²) >= 11 is 0. The van der Waals surface area contributed by atoms with E-state index in [4.69, 9.17) is 9.47 Å². The van der Waals surface area contributed by atoms with Crippen LogP contribution in [0.4, 0.5) is 8.78 Å². The molecule has 1 fully saturated rings.